The maximum Gasteiger partial charge on any atom is 0.394 e. The fourth-order valence-electron chi connectivity index (χ4n) is 2.69. The summed E-state index contributed by atoms with van der Waals surface area (Å²) in [6.07, 6.45) is -0.0915. The van der Waals surface area contributed by atoms with Gasteiger partial charge in [-0.1, -0.05) is 114 Å². The molecule has 9 nitrogen and oxygen atoms in total. The van der Waals surface area contributed by atoms with Crippen LogP contribution in [0.5, 0.6) is 0 Å². The summed E-state index contributed by atoms with van der Waals surface area (Å²) in [4.78, 5) is 32.0. The number of rotatable bonds is 4. The van der Waals surface area contributed by atoms with Crippen molar-refractivity contribution in [2.24, 2.45) is 0 Å². The van der Waals surface area contributed by atoms with Crippen molar-refractivity contribution in [1.82, 2.24) is 0 Å². The maximum atomic E-state index is 10.9. The Hall–Kier alpha value is -3.86. The molecule has 3 aromatic rings. The second-order valence-electron chi connectivity index (χ2n) is 7.91. The van der Waals surface area contributed by atoms with E-state index in [0.717, 1.165) is 23.0 Å². The smallest absolute Gasteiger partial charge is 0.394 e. The highest BCUT2D eigenvalue weighted by molar-refractivity contribution is 7.79. The van der Waals surface area contributed by atoms with E-state index in [0.29, 0.717) is 5.56 Å². The average molecular weight is 637 g/mol. The zero-order valence-corrected chi connectivity index (χ0v) is 29.1. The topological polar surface area (TPSA) is 144 Å². The van der Waals surface area contributed by atoms with Gasteiger partial charge in [0.1, 0.15) is 6.29 Å². The quantitative estimate of drug-likeness (QED) is 0.124. The van der Waals surface area contributed by atoms with E-state index in [1.165, 1.54) is 25.0 Å². The monoisotopic (exact) mass is 636 g/mol. The van der Waals surface area contributed by atoms with Gasteiger partial charge in [0.2, 0.25) is 0 Å². The molecule has 2 N–H and O–H groups in total. The molecule has 10 heteroatoms. The first-order chi connectivity index (χ1) is 20.6. The molecule has 0 atom stereocenters. The lowest BCUT2D eigenvalue weighted by atomic mass is 10.1. The molecular weight excluding hydrogens is 584 g/mol. The Balaban J connectivity index is -0.000000245. The highest BCUT2D eigenvalue weighted by atomic mass is 32.3. The highest BCUT2D eigenvalue weighted by Gasteiger charge is 2.19. The molecule has 0 radical (unpaired) electrons. The summed E-state index contributed by atoms with van der Waals surface area (Å²) < 4.78 is 41.5. The number of hydrogen-bond acceptors (Lipinski definition) is 7. The predicted molar refractivity (Wildman–Crippen MR) is 178 cm³/mol. The molecule has 0 heterocycles. The van der Waals surface area contributed by atoms with Gasteiger partial charge in [-0.05, 0) is 49.9 Å². The minimum Gasteiger partial charge on any atom is -0.421 e. The van der Waals surface area contributed by atoms with Crippen LogP contribution in [-0.4, -0.2) is 35.7 Å². The third-order valence-electron chi connectivity index (χ3n) is 4.73. The van der Waals surface area contributed by atoms with Gasteiger partial charge in [0.25, 0.3) is 6.29 Å². The van der Waals surface area contributed by atoms with Crippen LogP contribution in [-0.2, 0) is 29.5 Å². The normalized spacial score (nSPS) is 8.89. The number of carbonyl (C=O) groups excluding carboxylic acids is 3. The fourth-order valence-corrected chi connectivity index (χ4v) is 2.69. The van der Waals surface area contributed by atoms with E-state index in [1.807, 2.05) is 91.8 Å². The van der Waals surface area contributed by atoms with Crippen LogP contribution in [0.2, 0.25) is 0 Å². The van der Waals surface area contributed by atoms with Crippen molar-refractivity contribution in [3.05, 3.63) is 106 Å². The molecule has 0 bridgehead atoms. The molecule has 248 valence electrons. The molecular formula is C34H52O9S. The first-order valence-electron chi connectivity index (χ1n) is 14.3. The minimum absolute atomic E-state index is 0.491. The van der Waals surface area contributed by atoms with Crippen LogP contribution in [0.1, 0.15) is 99.9 Å². The Bertz CT molecular complexity index is 1240. The van der Waals surface area contributed by atoms with E-state index in [1.54, 1.807) is 12.1 Å². The summed E-state index contributed by atoms with van der Waals surface area (Å²) in [5, 5.41) is 0. The molecule has 3 aromatic carbocycles. The van der Waals surface area contributed by atoms with Crippen molar-refractivity contribution >= 4 is 28.6 Å². The number of ether oxygens (including phenoxy) is 2. The van der Waals surface area contributed by atoms with Gasteiger partial charge in [-0.2, -0.15) is 8.42 Å². The summed E-state index contributed by atoms with van der Waals surface area (Å²) in [7, 11) is -4.67. The number of esters is 2. The lowest BCUT2D eigenvalue weighted by Gasteiger charge is -2.18. The number of carbonyl (C=O) groups is 3. The van der Waals surface area contributed by atoms with Gasteiger partial charge in [-0.25, -0.2) is 0 Å². The molecule has 0 aromatic heterocycles. The van der Waals surface area contributed by atoms with Crippen LogP contribution in [0.3, 0.4) is 0 Å². The van der Waals surface area contributed by atoms with E-state index in [9.17, 15) is 14.4 Å². The minimum atomic E-state index is -4.67. The zero-order valence-electron chi connectivity index (χ0n) is 28.2. The molecule has 0 aliphatic heterocycles. The van der Waals surface area contributed by atoms with Gasteiger partial charge in [-0.3, -0.25) is 23.5 Å². The molecule has 0 aliphatic rings. The van der Waals surface area contributed by atoms with E-state index in [2.05, 4.69) is 38.1 Å². The van der Waals surface area contributed by atoms with Crippen LogP contribution in [0, 0.1) is 27.7 Å². The highest BCUT2D eigenvalue weighted by Crippen LogP contribution is 2.22. The van der Waals surface area contributed by atoms with Gasteiger partial charge in [0.05, 0.1) is 0 Å². The molecule has 0 saturated carbocycles. The number of benzene rings is 3. The summed E-state index contributed by atoms with van der Waals surface area (Å²) in [6, 6.07) is 23.1. The van der Waals surface area contributed by atoms with Gasteiger partial charge in [0, 0.05) is 25.0 Å². The van der Waals surface area contributed by atoms with E-state index >= 15 is 0 Å². The number of aldehydes is 1. The lowest BCUT2D eigenvalue weighted by molar-refractivity contribution is -0.186. The second-order valence-corrected chi connectivity index (χ2v) is 8.81. The Morgan fingerprint density at radius 1 is 0.614 bits per heavy atom. The summed E-state index contributed by atoms with van der Waals surface area (Å²) in [5.74, 6) is -0.982. The second kappa shape index (κ2) is 29.2. The average Bonchev–Trinajstić information content (AvgIpc) is 2.97. The van der Waals surface area contributed by atoms with Crippen molar-refractivity contribution < 1.29 is 41.4 Å². The van der Waals surface area contributed by atoms with E-state index < -0.39 is 28.6 Å². The van der Waals surface area contributed by atoms with Gasteiger partial charge in [-0.15, -0.1) is 0 Å². The first-order valence-corrected chi connectivity index (χ1v) is 15.7. The van der Waals surface area contributed by atoms with Crippen molar-refractivity contribution in [3.8, 4) is 0 Å². The summed E-state index contributed by atoms with van der Waals surface area (Å²) >= 11 is 0. The third-order valence-corrected chi connectivity index (χ3v) is 4.73. The van der Waals surface area contributed by atoms with E-state index in [4.69, 9.17) is 27.0 Å². The number of hydrogen-bond donors (Lipinski definition) is 2. The largest absolute Gasteiger partial charge is 0.421 e. The van der Waals surface area contributed by atoms with Crippen LogP contribution < -0.4 is 0 Å². The third kappa shape index (κ3) is 28.3. The van der Waals surface area contributed by atoms with Crippen LogP contribution in [0.15, 0.2) is 72.8 Å². The zero-order chi connectivity index (χ0) is 35.3. The molecule has 0 amide bonds. The molecule has 0 fully saturated rings. The van der Waals surface area contributed by atoms with Crippen LogP contribution in [0.4, 0.5) is 0 Å². The Morgan fingerprint density at radius 2 is 0.909 bits per heavy atom. The van der Waals surface area contributed by atoms with Gasteiger partial charge in [0.15, 0.2) is 0 Å². The summed E-state index contributed by atoms with van der Waals surface area (Å²) in [5.41, 5.74) is 6.12. The molecule has 44 heavy (non-hydrogen) atoms. The van der Waals surface area contributed by atoms with Gasteiger partial charge >= 0.3 is 22.3 Å². The summed E-state index contributed by atoms with van der Waals surface area (Å²) in [6.45, 7) is 22.6. The predicted octanol–water partition coefficient (Wildman–Crippen LogP) is 8.66. The van der Waals surface area contributed by atoms with Crippen molar-refractivity contribution in [3.63, 3.8) is 0 Å². The maximum absolute atomic E-state index is 10.9. The molecule has 0 spiro atoms. The molecule has 3 rings (SSSR count). The van der Waals surface area contributed by atoms with Crippen LogP contribution >= 0.6 is 0 Å². The molecule has 0 unspecified atom stereocenters. The van der Waals surface area contributed by atoms with E-state index in [-0.39, 0.29) is 0 Å². The Labute approximate surface area is 265 Å². The first kappa shape index (κ1) is 47.1. The molecule has 0 saturated heterocycles. The van der Waals surface area contributed by atoms with Gasteiger partial charge < -0.3 is 9.47 Å². The van der Waals surface area contributed by atoms with Crippen molar-refractivity contribution in [1.29, 1.82) is 0 Å². The Morgan fingerprint density at radius 3 is 1.16 bits per heavy atom. The Kier molecular flexibility index (Phi) is 31.3. The van der Waals surface area contributed by atoms with Crippen molar-refractivity contribution in [2.75, 3.05) is 0 Å². The van der Waals surface area contributed by atoms with Crippen LogP contribution in [0.25, 0.3) is 0 Å². The number of aryl methyl sites for hydroxylation is 4. The lowest BCUT2D eigenvalue weighted by Crippen LogP contribution is -2.15. The standard InChI is InChI=1S/C12H14O4.C8H8O.C8H10.3C2H6.H2O4S/c1-8-6-4-5-7-11(8)12(15-9(2)13)16-10(3)14;1-7-4-2-3-5-8(7)6-9;1-7-5-3-4-6-8(7)2;3*1-2;1-5(2,3)4/h4-7,12H,1-3H3;2-6H,1H3;3-6H,1-2H3;3*1-2H3;(H2,1,2,3,4). The SMILES string of the molecule is CC.CC.CC.CC(=O)OC(OC(C)=O)c1ccccc1C.Cc1ccccc1C.Cc1ccccc1C=O.O=S(=O)(O)O. The fraction of sp³-hybridized carbons (Fsp3) is 0.382. The van der Waals surface area contributed by atoms with Crippen molar-refractivity contribution in [2.45, 2.75) is 89.4 Å². The molecule has 0 aliphatic carbocycles.